The average molecular weight is 318 g/mol. The first-order chi connectivity index (χ1) is 10.1. The van der Waals surface area contributed by atoms with Gasteiger partial charge in [-0.1, -0.05) is 0 Å². The molecule has 0 radical (unpaired) electrons. The minimum Gasteiger partial charge on any atom is -0.481 e. The Morgan fingerprint density at radius 1 is 1.05 bits per heavy atom. The van der Waals surface area contributed by atoms with Crippen LogP contribution in [-0.2, 0) is 23.9 Å². The predicted molar refractivity (Wildman–Crippen MR) is 75.1 cm³/mol. The quantitative estimate of drug-likeness (QED) is 0.425. The highest BCUT2D eigenvalue weighted by Crippen LogP contribution is 2.05. The number of amides is 2. The molecule has 9 nitrogen and oxygen atoms in total. The Hall–Kier alpha value is -2.32. The fraction of sp³-hybridized carbons (Fsp3) is 0.692. The summed E-state index contributed by atoms with van der Waals surface area (Å²) in [6.45, 7) is 4.83. The molecule has 0 bridgehead atoms. The number of carboxylic acid groups (broad SMARTS) is 1. The first-order valence-electron chi connectivity index (χ1n) is 6.71. The molecular formula is C13H22N2O7. The zero-order chi connectivity index (χ0) is 17.2. The summed E-state index contributed by atoms with van der Waals surface area (Å²) in [7, 11) is 0. The van der Waals surface area contributed by atoms with E-state index in [0.29, 0.717) is 0 Å². The van der Waals surface area contributed by atoms with E-state index < -0.39 is 29.5 Å². The fourth-order valence-electron chi connectivity index (χ4n) is 1.17. The van der Waals surface area contributed by atoms with Gasteiger partial charge in [-0.3, -0.25) is 14.4 Å². The number of rotatable bonds is 8. The lowest BCUT2D eigenvalue weighted by Gasteiger charge is -2.19. The second-order valence-electron chi connectivity index (χ2n) is 5.32. The van der Waals surface area contributed by atoms with Crippen LogP contribution in [0.4, 0.5) is 4.79 Å². The van der Waals surface area contributed by atoms with Gasteiger partial charge in [0.25, 0.3) is 0 Å². The maximum absolute atomic E-state index is 11.4. The van der Waals surface area contributed by atoms with Gasteiger partial charge in [0.05, 0.1) is 25.9 Å². The van der Waals surface area contributed by atoms with Crippen molar-refractivity contribution in [1.29, 1.82) is 0 Å². The third kappa shape index (κ3) is 12.7. The molecule has 0 heterocycles. The molecule has 0 saturated carbocycles. The molecule has 22 heavy (non-hydrogen) atoms. The van der Waals surface area contributed by atoms with Gasteiger partial charge in [0.1, 0.15) is 12.2 Å². The summed E-state index contributed by atoms with van der Waals surface area (Å²) >= 11 is 0. The van der Waals surface area contributed by atoms with Crippen LogP contribution in [0.3, 0.4) is 0 Å². The van der Waals surface area contributed by atoms with Gasteiger partial charge >= 0.3 is 18.0 Å². The largest absolute Gasteiger partial charge is 0.481 e. The first-order valence-corrected chi connectivity index (χ1v) is 6.71. The van der Waals surface area contributed by atoms with Gasteiger partial charge in [0.2, 0.25) is 5.91 Å². The third-order valence-corrected chi connectivity index (χ3v) is 2.02. The normalized spacial score (nSPS) is 10.5. The summed E-state index contributed by atoms with van der Waals surface area (Å²) in [5.41, 5.74) is -0.648. The summed E-state index contributed by atoms with van der Waals surface area (Å²) < 4.78 is 9.65. The van der Waals surface area contributed by atoms with Gasteiger partial charge in [0, 0.05) is 0 Å². The molecule has 0 aromatic carbocycles. The van der Waals surface area contributed by atoms with E-state index in [2.05, 4.69) is 10.6 Å². The second kappa shape index (κ2) is 9.59. The molecule has 0 saturated heterocycles. The van der Waals surface area contributed by atoms with Gasteiger partial charge in [-0.2, -0.15) is 0 Å². The lowest BCUT2D eigenvalue weighted by molar-refractivity contribution is -0.147. The Morgan fingerprint density at radius 2 is 1.68 bits per heavy atom. The van der Waals surface area contributed by atoms with E-state index >= 15 is 0 Å². The summed E-state index contributed by atoms with van der Waals surface area (Å²) in [6, 6.07) is 0. The molecule has 0 unspecified atom stereocenters. The molecule has 0 aliphatic rings. The van der Waals surface area contributed by atoms with Crippen molar-refractivity contribution in [3.8, 4) is 0 Å². The van der Waals surface area contributed by atoms with Crippen LogP contribution in [-0.4, -0.2) is 54.3 Å². The summed E-state index contributed by atoms with van der Waals surface area (Å²) in [4.78, 5) is 43.9. The Bertz CT molecular complexity index is 415. The van der Waals surface area contributed by atoms with E-state index in [1.165, 1.54) is 0 Å². The lowest BCUT2D eigenvalue weighted by atomic mass is 10.2. The molecule has 126 valence electrons. The highest BCUT2D eigenvalue weighted by Gasteiger charge is 2.16. The number of hydrogen-bond donors (Lipinski definition) is 3. The SMILES string of the molecule is CC(C)(C)OC(=O)NCC(=O)NCCOC(=O)CCC(=O)O. The molecule has 0 aliphatic carbocycles. The predicted octanol–water partition coefficient (Wildman–Crippen LogP) is 0.0353. The van der Waals surface area contributed by atoms with Crippen molar-refractivity contribution in [2.75, 3.05) is 19.7 Å². The van der Waals surface area contributed by atoms with E-state index in [9.17, 15) is 19.2 Å². The molecule has 9 heteroatoms. The van der Waals surface area contributed by atoms with Gasteiger partial charge in [0.15, 0.2) is 0 Å². The summed E-state index contributed by atoms with van der Waals surface area (Å²) in [5, 5.41) is 13.1. The zero-order valence-electron chi connectivity index (χ0n) is 12.9. The smallest absolute Gasteiger partial charge is 0.408 e. The number of ether oxygens (including phenoxy) is 2. The van der Waals surface area contributed by atoms with Crippen molar-refractivity contribution >= 4 is 23.9 Å². The molecule has 0 rings (SSSR count). The van der Waals surface area contributed by atoms with E-state index in [4.69, 9.17) is 14.6 Å². The minimum atomic E-state index is -1.08. The van der Waals surface area contributed by atoms with Crippen LogP contribution in [0.25, 0.3) is 0 Å². The third-order valence-electron chi connectivity index (χ3n) is 2.02. The summed E-state index contributed by atoms with van der Waals surface area (Å²) in [6.07, 6.45) is -1.23. The van der Waals surface area contributed by atoms with Gasteiger partial charge < -0.3 is 25.2 Å². The number of carboxylic acids is 1. The Morgan fingerprint density at radius 3 is 2.23 bits per heavy atom. The van der Waals surface area contributed by atoms with Crippen molar-refractivity contribution in [2.45, 2.75) is 39.2 Å². The van der Waals surface area contributed by atoms with Crippen molar-refractivity contribution in [3.05, 3.63) is 0 Å². The van der Waals surface area contributed by atoms with Gasteiger partial charge in [-0.15, -0.1) is 0 Å². The van der Waals surface area contributed by atoms with Crippen molar-refractivity contribution < 1.29 is 33.8 Å². The minimum absolute atomic E-state index is 0.0631. The van der Waals surface area contributed by atoms with Crippen LogP contribution in [0.1, 0.15) is 33.6 Å². The molecular weight excluding hydrogens is 296 g/mol. The standard InChI is InChI=1S/C13H22N2O7/c1-13(2,3)22-12(20)15-8-9(16)14-6-7-21-11(19)5-4-10(17)18/h4-8H2,1-3H3,(H,14,16)(H,15,20)(H,17,18). The number of aliphatic carboxylic acids is 1. The first kappa shape index (κ1) is 19.7. The molecule has 0 aliphatic heterocycles. The van der Waals surface area contributed by atoms with Crippen LogP contribution in [0.15, 0.2) is 0 Å². The number of esters is 1. The van der Waals surface area contributed by atoms with Crippen LogP contribution < -0.4 is 10.6 Å². The summed E-state index contributed by atoms with van der Waals surface area (Å²) in [5.74, 6) is -2.20. The van der Waals surface area contributed by atoms with Crippen molar-refractivity contribution in [3.63, 3.8) is 0 Å². The second-order valence-corrected chi connectivity index (χ2v) is 5.32. The highest BCUT2D eigenvalue weighted by atomic mass is 16.6. The Balaban J connectivity index is 3.68. The topological polar surface area (TPSA) is 131 Å². The van der Waals surface area contributed by atoms with E-state index in [1.807, 2.05) is 0 Å². The van der Waals surface area contributed by atoms with Gasteiger partial charge in [-0.25, -0.2) is 4.79 Å². The lowest BCUT2D eigenvalue weighted by Crippen LogP contribution is -2.40. The average Bonchev–Trinajstić information content (AvgIpc) is 2.37. The van der Waals surface area contributed by atoms with Crippen molar-refractivity contribution in [2.24, 2.45) is 0 Å². The molecule has 0 aromatic rings. The maximum atomic E-state index is 11.4. The van der Waals surface area contributed by atoms with Gasteiger partial charge in [-0.05, 0) is 20.8 Å². The number of hydrogen-bond acceptors (Lipinski definition) is 6. The number of alkyl carbamates (subject to hydrolysis) is 1. The number of carbonyl (C=O) groups is 4. The molecule has 3 N–H and O–H groups in total. The monoisotopic (exact) mass is 318 g/mol. The van der Waals surface area contributed by atoms with Crippen LogP contribution in [0, 0.1) is 0 Å². The molecule has 2 amide bonds. The number of carbonyl (C=O) groups excluding carboxylic acids is 3. The maximum Gasteiger partial charge on any atom is 0.408 e. The molecule has 0 aromatic heterocycles. The van der Waals surface area contributed by atoms with E-state index in [-0.39, 0.29) is 32.5 Å². The van der Waals surface area contributed by atoms with Crippen molar-refractivity contribution in [1.82, 2.24) is 10.6 Å². The van der Waals surface area contributed by atoms with Crippen LogP contribution >= 0.6 is 0 Å². The Kier molecular flexibility index (Phi) is 8.58. The van der Waals surface area contributed by atoms with E-state index in [0.717, 1.165) is 0 Å². The Labute approximate surface area is 128 Å². The molecule has 0 spiro atoms. The number of nitrogens with one attached hydrogen (secondary N) is 2. The zero-order valence-corrected chi connectivity index (χ0v) is 12.9. The fourth-order valence-corrected chi connectivity index (χ4v) is 1.17. The molecule has 0 fully saturated rings. The van der Waals surface area contributed by atoms with Crippen LogP contribution in [0.5, 0.6) is 0 Å². The van der Waals surface area contributed by atoms with Crippen LogP contribution in [0.2, 0.25) is 0 Å². The highest BCUT2D eigenvalue weighted by molar-refractivity contribution is 5.82. The molecule has 0 atom stereocenters. The van der Waals surface area contributed by atoms with E-state index in [1.54, 1.807) is 20.8 Å².